The van der Waals surface area contributed by atoms with Crippen LogP contribution in [0.1, 0.15) is 6.42 Å². The van der Waals surface area contributed by atoms with E-state index in [-0.39, 0.29) is 6.04 Å². The van der Waals surface area contributed by atoms with Gasteiger partial charge in [0.25, 0.3) is 0 Å². The zero-order chi connectivity index (χ0) is 10.3. The zero-order valence-electron chi connectivity index (χ0n) is 8.87. The van der Waals surface area contributed by atoms with Crippen LogP contribution in [0.4, 0.5) is 0 Å². The minimum atomic E-state index is -2.72. The van der Waals surface area contributed by atoms with Crippen LogP contribution in [0.5, 0.6) is 0 Å². The summed E-state index contributed by atoms with van der Waals surface area (Å²) in [6.07, 6.45) is 0.823. The van der Waals surface area contributed by atoms with Gasteiger partial charge in [0.1, 0.15) is 8.24 Å². The van der Waals surface area contributed by atoms with Crippen molar-refractivity contribution >= 4 is 18.1 Å². The van der Waals surface area contributed by atoms with Crippen LogP contribution in [0.3, 0.4) is 0 Å². The fourth-order valence-corrected chi connectivity index (χ4v) is 4.85. The lowest BCUT2D eigenvalue weighted by Crippen LogP contribution is -2.49. The van der Waals surface area contributed by atoms with Crippen molar-refractivity contribution < 1.29 is 8.42 Å². The molecule has 0 N–H and O–H groups in total. The molecule has 0 aromatic rings. The van der Waals surface area contributed by atoms with Gasteiger partial charge in [-0.2, -0.15) is 0 Å². The van der Waals surface area contributed by atoms with Crippen molar-refractivity contribution in [3.8, 4) is 0 Å². The van der Waals surface area contributed by atoms with E-state index in [1.807, 2.05) is 0 Å². The lowest BCUT2D eigenvalue weighted by molar-refractivity contribution is 0.400. The Kier molecular flexibility index (Phi) is 2.90. The number of hydrogen-bond donors (Lipinski definition) is 0. The second kappa shape index (κ2) is 3.36. The van der Waals surface area contributed by atoms with Gasteiger partial charge in [-0.15, -0.1) is 0 Å². The minimum absolute atomic E-state index is 0.275. The third-order valence-electron chi connectivity index (χ3n) is 2.81. The largest absolute Gasteiger partial charge is 0.323 e. The van der Waals surface area contributed by atoms with Gasteiger partial charge < -0.3 is 4.57 Å². The molecule has 78 valence electrons. The van der Waals surface area contributed by atoms with Crippen LogP contribution in [-0.4, -0.2) is 45.8 Å². The van der Waals surface area contributed by atoms with Crippen LogP contribution in [-0.2, 0) is 9.84 Å². The molecule has 0 aromatic carbocycles. The predicted octanol–water partition coefficient (Wildman–Crippen LogP) is 0.940. The Bertz CT molecular complexity index is 281. The van der Waals surface area contributed by atoms with Gasteiger partial charge in [0.15, 0.2) is 9.84 Å². The zero-order valence-corrected chi connectivity index (χ0v) is 10.7. The minimum Gasteiger partial charge on any atom is -0.323 e. The van der Waals surface area contributed by atoms with E-state index in [9.17, 15) is 8.42 Å². The molecule has 0 aromatic heterocycles. The summed E-state index contributed by atoms with van der Waals surface area (Å²) in [6, 6.07) is 0.275. The third-order valence-corrected chi connectivity index (χ3v) is 7.05. The van der Waals surface area contributed by atoms with E-state index in [2.05, 4.69) is 31.3 Å². The Morgan fingerprint density at radius 3 is 2.15 bits per heavy atom. The lowest BCUT2D eigenvalue weighted by Gasteiger charge is -2.34. The first kappa shape index (κ1) is 11.2. The lowest BCUT2D eigenvalue weighted by atomic mass is 10.3. The van der Waals surface area contributed by atoms with Crippen LogP contribution < -0.4 is 0 Å². The SMILES string of the molecule is CN(C1CCS(=O)(=O)C1)[Si](C)(C)C. The van der Waals surface area contributed by atoms with Crippen molar-refractivity contribution in [3.05, 3.63) is 0 Å². The molecule has 1 heterocycles. The van der Waals surface area contributed by atoms with Crippen molar-refractivity contribution in [1.29, 1.82) is 0 Å². The van der Waals surface area contributed by atoms with Gasteiger partial charge in [-0.05, 0) is 13.5 Å². The molecule has 1 saturated heterocycles. The molecular weight excluding hydrogens is 202 g/mol. The van der Waals surface area contributed by atoms with E-state index in [0.29, 0.717) is 11.5 Å². The van der Waals surface area contributed by atoms with Crippen LogP contribution in [0.15, 0.2) is 0 Å². The number of hydrogen-bond acceptors (Lipinski definition) is 3. The third kappa shape index (κ3) is 2.79. The molecule has 1 unspecified atom stereocenters. The van der Waals surface area contributed by atoms with E-state index < -0.39 is 18.1 Å². The van der Waals surface area contributed by atoms with Crippen LogP contribution in [0.25, 0.3) is 0 Å². The molecule has 5 heteroatoms. The molecule has 1 aliphatic rings. The Morgan fingerprint density at radius 1 is 1.31 bits per heavy atom. The van der Waals surface area contributed by atoms with Gasteiger partial charge >= 0.3 is 0 Å². The van der Waals surface area contributed by atoms with E-state index in [1.54, 1.807) is 0 Å². The summed E-state index contributed by atoms with van der Waals surface area (Å²) in [4.78, 5) is 0. The molecule has 1 rings (SSSR count). The smallest absolute Gasteiger partial charge is 0.151 e. The molecule has 13 heavy (non-hydrogen) atoms. The fraction of sp³-hybridized carbons (Fsp3) is 1.00. The molecule has 0 bridgehead atoms. The molecule has 3 nitrogen and oxygen atoms in total. The maximum Gasteiger partial charge on any atom is 0.151 e. The van der Waals surface area contributed by atoms with Crippen LogP contribution in [0.2, 0.25) is 19.6 Å². The van der Waals surface area contributed by atoms with Gasteiger partial charge in [-0.25, -0.2) is 8.42 Å². The highest BCUT2D eigenvalue weighted by molar-refractivity contribution is 7.91. The summed E-state index contributed by atoms with van der Waals surface area (Å²) in [5, 5.41) is 0. The van der Waals surface area contributed by atoms with Crippen molar-refractivity contribution in [1.82, 2.24) is 4.57 Å². The average Bonchev–Trinajstić information content (AvgIpc) is 2.26. The van der Waals surface area contributed by atoms with Gasteiger partial charge in [-0.1, -0.05) is 19.6 Å². The Morgan fingerprint density at radius 2 is 1.85 bits per heavy atom. The van der Waals surface area contributed by atoms with Gasteiger partial charge in [0.2, 0.25) is 0 Å². The number of rotatable bonds is 2. The topological polar surface area (TPSA) is 37.4 Å². The van der Waals surface area contributed by atoms with E-state index in [1.165, 1.54) is 0 Å². The summed E-state index contributed by atoms with van der Waals surface area (Å²) in [7, 11) is -1.97. The number of sulfone groups is 1. The van der Waals surface area contributed by atoms with Crippen molar-refractivity contribution in [2.24, 2.45) is 0 Å². The highest BCUT2D eigenvalue weighted by Gasteiger charge is 2.35. The monoisotopic (exact) mass is 221 g/mol. The van der Waals surface area contributed by atoms with Crippen LogP contribution >= 0.6 is 0 Å². The quantitative estimate of drug-likeness (QED) is 0.651. The summed E-state index contributed by atoms with van der Waals surface area (Å²) < 4.78 is 24.8. The summed E-state index contributed by atoms with van der Waals surface area (Å²) in [6.45, 7) is 6.74. The maximum atomic E-state index is 11.3. The Hall–Kier alpha value is 0.127. The van der Waals surface area contributed by atoms with Crippen molar-refractivity contribution in [3.63, 3.8) is 0 Å². The first-order chi connectivity index (χ1) is 5.72. The highest BCUT2D eigenvalue weighted by atomic mass is 32.2. The molecule has 0 amide bonds. The molecule has 0 saturated carbocycles. The predicted molar refractivity (Wildman–Crippen MR) is 58.2 cm³/mol. The normalized spacial score (nSPS) is 28.2. The molecule has 0 radical (unpaired) electrons. The average molecular weight is 221 g/mol. The molecule has 0 spiro atoms. The fourth-order valence-electron chi connectivity index (χ4n) is 1.63. The molecular formula is C8H19NO2SSi. The molecule has 1 aliphatic heterocycles. The van der Waals surface area contributed by atoms with Gasteiger partial charge in [0.05, 0.1) is 11.5 Å². The first-order valence-electron chi connectivity index (χ1n) is 4.66. The maximum absolute atomic E-state index is 11.3. The molecule has 0 aliphatic carbocycles. The summed E-state index contributed by atoms with van der Waals surface area (Å²) >= 11 is 0. The van der Waals surface area contributed by atoms with Crippen molar-refractivity contribution in [2.45, 2.75) is 32.1 Å². The van der Waals surface area contributed by atoms with E-state index in [0.717, 1.165) is 6.42 Å². The second-order valence-electron chi connectivity index (χ2n) is 4.84. The highest BCUT2D eigenvalue weighted by Crippen LogP contribution is 2.21. The Balaban J connectivity index is 2.67. The van der Waals surface area contributed by atoms with E-state index in [4.69, 9.17) is 0 Å². The first-order valence-corrected chi connectivity index (χ1v) is 9.92. The van der Waals surface area contributed by atoms with Gasteiger partial charge in [-0.3, -0.25) is 0 Å². The van der Waals surface area contributed by atoms with Crippen molar-refractivity contribution in [2.75, 3.05) is 18.6 Å². The number of nitrogens with zero attached hydrogens (tertiary/aromatic N) is 1. The van der Waals surface area contributed by atoms with Crippen LogP contribution in [0, 0.1) is 0 Å². The summed E-state index contributed by atoms with van der Waals surface area (Å²) in [5.41, 5.74) is 0. The van der Waals surface area contributed by atoms with E-state index >= 15 is 0 Å². The second-order valence-corrected chi connectivity index (χ2v) is 12.1. The standard InChI is InChI=1S/C8H19NO2SSi/c1-9(13(2,3)4)8-5-6-12(10,11)7-8/h8H,5-7H2,1-4H3. The van der Waals surface area contributed by atoms with Gasteiger partial charge in [0, 0.05) is 6.04 Å². The summed E-state index contributed by atoms with van der Waals surface area (Å²) in [5.74, 6) is 0.750. The molecule has 1 fully saturated rings. The molecule has 1 atom stereocenters. The Labute approximate surface area is 82.1 Å².